The molecule has 0 spiro atoms. The van der Waals surface area contributed by atoms with Crippen molar-refractivity contribution < 1.29 is 8.78 Å². The Hall–Kier alpha value is -1.98. The van der Waals surface area contributed by atoms with Gasteiger partial charge in [-0.15, -0.1) is 5.10 Å². The van der Waals surface area contributed by atoms with Crippen molar-refractivity contribution in [3.63, 3.8) is 0 Å². The van der Waals surface area contributed by atoms with Gasteiger partial charge in [0, 0.05) is 6.07 Å². The number of rotatable bonds is 3. The molecule has 0 bridgehead atoms. The summed E-state index contributed by atoms with van der Waals surface area (Å²) in [6, 6.07) is 2.32. The van der Waals surface area contributed by atoms with Gasteiger partial charge in [-0.1, -0.05) is 5.21 Å². The Morgan fingerprint density at radius 2 is 1.90 bits per heavy atom. The molecule has 0 atom stereocenters. The molecule has 1 aromatic carbocycles. The number of aryl methyl sites for hydroxylation is 1. The van der Waals surface area contributed by atoms with E-state index in [0.717, 1.165) is 6.07 Å². The molecule has 0 aliphatic heterocycles. The highest BCUT2D eigenvalue weighted by Crippen LogP contribution is 2.19. The molecular weight excluding hydrogens is 262 g/mol. The van der Waals surface area contributed by atoms with Crippen LogP contribution in [0.4, 0.5) is 14.5 Å². The summed E-state index contributed by atoms with van der Waals surface area (Å²) in [5, 5.41) is 10.8. The predicted molar refractivity (Wildman–Crippen MR) is 73.4 cm³/mol. The molecule has 0 aliphatic carbocycles. The van der Waals surface area contributed by atoms with Crippen LogP contribution in [-0.2, 0) is 12.1 Å². The summed E-state index contributed by atoms with van der Waals surface area (Å²) in [4.78, 5) is 0. The second kappa shape index (κ2) is 5.19. The molecule has 0 saturated carbocycles. The van der Waals surface area contributed by atoms with Gasteiger partial charge < -0.3 is 5.32 Å². The van der Waals surface area contributed by atoms with Crippen molar-refractivity contribution in [2.45, 2.75) is 39.8 Å². The first kappa shape index (κ1) is 14.4. The van der Waals surface area contributed by atoms with Crippen LogP contribution < -0.4 is 5.32 Å². The van der Waals surface area contributed by atoms with Crippen molar-refractivity contribution >= 4 is 5.69 Å². The Kier molecular flexibility index (Phi) is 3.74. The van der Waals surface area contributed by atoms with Crippen LogP contribution in [0.1, 0.15) is 32.0 Å². The van der Waals surface area contributed by atoms with Gasteiger partial charge in [-0.2, -0.15) is 0 Å². The molecule has 0 amide bonds. The zero-order valence-electron chi connectivity index (χ0n) is 12.0. The number of hydrogen-bond donors (Lipinski definition) is 1. The maximum absolute atomic E-state index is 13.7. The number of aromatic nitrogens is 3. The van der Waals surface area contributed by atoms with Gasteiger partial charge in [0.1, 0.15) is 17.3 Å². The topological polar surface area (TPSA) is 42.7 Å². The van der Waals surface area contributed by atoms with Gasteiger partial charge in [0.2, 0.25) is 0 Å². The molecule has 1 N–H and O–H groups in total. The quantitative estimate of drug-likeness (QED) is 0.938. The molecule has 108 valence electrons. The van der Waals surface area contributed by atoms with Crippen LogP contribution in [-0.4, -0.2) is 15.0 Å². The minimum absolute atomic E-state index is 0.124. The normalized spacial score (nSPS) is 11.7. The van der Waals surface area contributed by atoms with E-state index in [9.17, 15) is 8.78 Å². The average molecular weight is 280 g/mol. The van der Waals surface area contributed by atoms with Crippen LogP contribution in [0.5, 0.6) is 0 Å². The summed E-state index contributed by atoms with van der Waals surface area (Å²) in [5.74, 6) is -0.917. The van der Waals surface area contributed by atoms with Crippen LogP contribution in [0.25, 0.3) is 0 Å². The van der Waals surface area contributed by atoms with Gasteiger partial charge in [-0.05, 0) is 39.3 Å². The summed E-state index contributed by atoms with van der Waals surface area (Å²) in [7, 11) is 0. The summed E-state index contributed by atoms with van der Waals surface area (Å²) in [6.07, 6.45) is 1.79. The average Bonchev–Trinajstić information content (AvgIpc) is 2.80. The van der Waals surface area contributed by atoms with E-state index in [1.165, 1.54) is 13.0 Å². The fraction of sp³-hybridized carbons (Fsp3) is 0.429. The number of nitrogens with one attached hydrogen (secondary N) is 1. The van der Waals surface area contributed by atoms with Crippen LogP contribution in [0.15, 0.2) is 18.3 Å². The first-order valence-electron chi connectivity index (χ1n) is 6.38. The summed E-state index contributed by atoms with van der Waals surface area (Å²) in [5.41, 5.74) is 0.914. The van der Waals surface area contributed by atoms with E-state index in [1.807, 2.05) is 20.8 Å². The summed E-state index contributed by atoms with van der Waals surface area (Å²) >= 11 is 0. The Morgan fingerprint density at radius 1 is 1.20 bits per heavy atom. The van der Waals surface area contributed by atoms with Crippen molar-refractivity contribution in [3.05, 3.63) is 41.2 Å². The van der Waals surface area contributed by atoms with E-state index in [2.05, 4.69) is 15.6 Å². The zero-order chi connectivity index (χ0) is 14.9. The molecule has 1 aromatic heterocycles. The number of hydrogen-bond acceptors (Lipinski definition) is 3. The van der Waals surface area contributed by atoms with E-state index in [1.54, 1.807) is 10.9 Å². The Labute approximate surface area is 116 Å². The van der Waals surface area contributed by atoms with Gasteiger partial charge in [0.25, 0.3) is 0 Å². The molecule has 0 aliphatic rings. The SMILES string of the molecule is Cc1cc(F)c(NCc2cn(C(C)(C)C)nn2)cc1F. The molecule has 1 heterocycles. The number of anilines is 1. The van der Waals surface area contributed by atoms with Crippen molar-refractivity contribution in [3.8, 4) is 0 Å². The number of nitrogens with zero attached hydrogens (tertiary/aromatic N) is 3. The zero-order valence-corrected chi connectivity index (χ0v) is 12.0. The van der Waals surface area contributed by atoms with Crippen molar-refractivity contribution in [2.24, 2.45) is 0 Å². The van der Waals surface area contributed by atoms with E-state index in [0.29, 0.717) is 5.69 Å². The summed E-state index contributed by atoms with van der Waals surface area (Å²) in [6.45, 7) is 7.84. The molecule has 2 rings (SSSR count). The van der Waals surface area contributed by atoms with Gasteiger partial charge in [0.05, 0.1) is 24.0 Å². The molecule has 4 nitrogen and oxygen atoms in total. The van der Waals surface area contributed by atoms with Gasteiger partial charge >= 0.3 is 0 Å². The maximum Gasteiger partial charge on any atom is 0.146 e. The third-order valence-corrected chi connectivity index (χ3v) is 2.94. The van der Waals surface area contributed by atoms with E-state index in [-0.39, 0.29) is 23.3 Å². The second-order valence-corrected chi connectivity index (χ2v) is 5.76. The highest BCUT2D eigenvalue weighted by Gasteiger charge is 2.15. The Balaban J connectivity index is 2.09. The molecule has 0 saturated heterocycles. The van der Waals surface area contributed by atoms with Crippen LogP contribution >= 0.6 is 0 Å². The standard InChI is InChI=1S/C14H18F2N4/c1-9-5-12(16)13(6-11(9)15)17-7-10-8-20(19-18-10)14(2,3)4/h5-6,8,17H,7H2,1-4H3. The summed E-state index contributed by atoms with van der Waals surface area (Å²) < 4.78 is 28.8. The lowest BCUT2D eigenvalue weighted by atomic mass is 10.1. The third-order valence-electron chi connectivity index (χ3n) is 2.94. The molecule has 6 heteroatoms. The second-order valence-electron chi connectivity index (χ2n) is 5.76. The highest BCUT2D eigenvalue weighted by atomic mass is 19.1. The van der Waals surface area contributed by atoms with E-state index >= 15 is 0 Å². The fourth-order valence-electron chi connectivity index (χ4n) is 1.67. The predicted octanol–water partition coefficient (Wildman–Crippen LogP) is 3.23. The molecule has 2 aromatic rings. The van der Waals surface area contributed by atoms with Crippen LogP contribution in [0.3, 0.4) is 0 Å². The first-order chi connectivity index (χ1) is 9.27. The maximum atomic E-state index is 13.7. The molecular formula is C14H18F2N4. The van der Waals surface area contributed by atoms with E-state index < -0.39 is 11.6 Å². The Bertz CT molecular complexity index is 614. The number of halogens is 2. The van der Waals surface area contributed by atoms with Gasteiger partial charge in [0.15, 0.2) is 0 Å². The van der Waals surface area contributed by atoms with Crippen molar-refractivity contribution in [2.75, 3.05) is 5.32 Å². The van der Waals surface area contributed by atoms with Crippen LogP contribution in [0, 0.1) is 18.6 Å². The van der Waals surface area contributed by atoms with Crippen molar-refractivity contribution in [1.82, 2.24) is 15.0 Å². The van der Waals surface area contributed by atoms with E-state index in [4.69, 9.17) is 0 Å². The molecule has 0 fully saturated rings. The monoisotopic (exact) mass is 280 g/mol. The molecule has 0 radical (unpaired) electrons. The molecule has 20 heavy (non-hydrogen) atoms. The minimum atomic E-state index is -0.480. The lowest BCUT2D eigenvalue weighted by molar-refractivity contribution is 0.347. The smallest absolute Gasteiger partial charge is 0.146 e. The van der Waals surface area contributed by atoms with Gasteiger partial charge in [-0.25, -0.2) is 13.5 Å². The molecule has 0 unspecified atom stereocenters. The van der Waals surface area contributed by atoms with Gasteiger partial charge in [-0.3, -0.25) is 0 Å². The third kappa shape index (κ3) is 3.12. The highest BCUT2D eigenvalue weighted by molar-refractivity contribution is 5.47. The minimum Gasteiger partial charge on any atom is -0.377 e. The Morgan fingerprint density at radius 3 is 2.50 bits per heavy atom. The largest absolute Gasteiger partial charge is 0.377 e. The van der Waals surface area contributed by atoms with Crippen LogP contribution in [0.2, 0.25) is 0 Å². The lowest BCUT2D eigenvalue weighted by Gasteiger charge is -2.17. The van der Waals surface area contributed by atoms with Crippen molar-refractivity contribution in [1.29, 1.82) is 0 Å². The fourth-order valence-corrected chi connectivity index (χ4v) is 1.67. The lowest BCUT2D eigenvalue weighted by Crippen LogP contribution is -2.22. The first-order valence-corrected chi connectivity index (χ1v) is 6.38. The number of benzene rings is 1.